The summed E-state index contributed by atoms with van der Waals surface area (Å²) in [4.78, 5) is 2.46. The number of hydrogen-bond donors (Lipinski definition) is 1. The summed E-state index contributed by atoms with van der Waals surface area (Å²) < 4.78 is 0. The fourth-order valence-electron chi connectivity index (χ4n) is 1.72. The summed E-state index contributed by atoms with van der Waals surface area (Å²) in [6.45, 7) is 5.53. The number of piperazine rings is 1. The molecule has 2 rings (SSSR count). The fraction of sp³-hybridized carbons (Fsp3) is 0.500. The predicted molar refractivity (Wildman–Crippen MR) is 76.2 cm³/mol. The highest BCUT2D eigenvalue weighted by Gasteiger charge is 2.09. The van der Waals surface area contributed by atoms with Gasteiger partial charge in [0.15, 0.2) is 0 Å². The van der Waals surface area contributed by atoms with Crippen LogP contribution in [-0.4, -0.2) is 36.4 Å². The van der Waals surface area contributed by atoms with Gasteiger partial charge in [0.25, 0.3) is 0 Å². The van der Waals surface area contributed by atoms with Crippen LogP contribution in [0, 0.1) is 0 Å². The number of nitrogens with zero attached hydrogens (tertiary/aromatic N) is 1. The molecule has 1 aliphatic heterocycles. The molecule has 5 heteroatoms. The molecule has 0 spiro atoms. The molecule has 0 radical (unpaired) electrons. The molecule has 1 fully saturated rings. The molecule has 1 heterocycles. The lowest BCUT2D eigenvalue weighted by Crippen LogP contribution is -2.42. The van der Waals surface area contributed by atoms with E-state index in [9.17, 15) is 0 Å². The van der Waals surface area contributed by atoms with Crippen LogP contribution in [0.25, 0.3) is 0 Å². The lowest BCUT2D eigenvalue weighted by molar-refractivity contribution is 0.233. The van der Waals surface area contributed by atoms with Crippen LogP contribution in [0.15, 0.2) is 24.3 Å². The summed E-state index contributed by atoms with van der Waals surface area (Å²) in [6, 6.07) is 8.12. The van der Waals surface area contributed by atoms with E-state index in [1.54, 1.807) is 0 Å². The van der Waals surface area contributed by atoms with Gasteiger partial charge in [0, 0.05) is 37.7 Å². The molecule has 0 unspecified atom stereocenters. The summed E-state index contributed by atoms with van der Waals surface area (Å²) in [5, 5.41) is 4.36. The van der Waals surface area contributed by atoms with E-state index in [1.165, 1.54) is 5.56 Å². The molecule has 0 atom stereocenters. The van der Waals surface area contributed by atoms with Gasteiger partial charge >= 0.3 is 0 Å². The Morgan fingerprint density at radius 1 is 1.06 bits per heavy atom. The van der Waals surface area contributed by atoms with Crippen LogP contribution in [0.2, 0.25) is 5.02 Å². The molecule has 0 aliphatic carbocycles. The first-order chi connectivity index (χ1) is 8.26. The van der Waals surface area contributed by atoms with Crippen LogP contribution < -0.4 is 5.32 Å². The third kappa shape index (κ3) is 6.49. The Kier molecular flexibility index (Phi) is 7.99. The molecule has 0 aromatic heterocycles. The number of hydrogen-bond acceptors (Lipinski definition) is 2. The molecule has 2 nitrogen and oxygen atoms in total. The Bertz CT molecular complexity index is 297. The van der Waals surface area contributed by atoms with Gasteiger partial charge in [-0.2, -0.15) is 0 Å². The Balaban J connectivity index is 0.000000437. The first-order valence-electron chi connectivity index (χ1n) is 5.55. The number of halogens is 3. The van der Waals surface area contributed by atoms with E-state index >= 15 is 0 Å². The summed E-state index contributed by atoms with van der Waals surface area (Å²) in [6.07, 6.45) is 0. The van der Waals surface area contributed by atoms with Gasteiger partial charge in [0.2, 0.25) is 0 Å². The van der Waals surface area contributed by atoms with E-state index in [-0.39, 0.29) is 5.34 Å². The summed E-state index contributed by atoms with van der Waals surface area (Å²) in [5.41, 5.74) is 1.34. The summed E-state index contributed by atoms with van der Waals surface area (Å²) >= 11 is 15.4. The van der Waals surface area contributed by atoms with Crippen molar-refractivity contribution in [3.05, 3.63) is 34.9 Å². The highest BCUT2D eigenvalue weighted by molar-refractivity contribution is 6.40. The van der Waals surface area contributed by atoms with Gasteiger partial charge < -0.3 is 5.32 Å². The Morgan fingerprint density at radius 2 is 1.59 bits per heavy atom. The summed E-state index contributed by atoms with van der Waals surface area (Å²) in [5.74, 6) is 0. The third-order valence-electron chi connectivity index (χ3n) is 2.53. The van der Waals surface area contributed by atoms with Crippen molar-refractivity contribution in [3.63, 3.8) is 0 Å². The van der Waals surface area contributed by atoms with Gasteiger partial charge in [0.05, 0.1) is 5.34 Å². The molecule has 17 heavy (non-hydrogen) atoms. The smallest absolute Gasteiger partial charge is 0.0967 e. The largest absolute Gasteiger partial charge is 0.314 e. The molecule has 0 saturated carbocycles. The minimum Gasteiger partial charge on any atom is -0.314 e. The van der Waals surface area contributed by atoms with Crippen LogP contribution in [0.3, 0.4) is 0 Å². The number of alkyl halides is 2. The molecule has 96 valence electrons. The maximum Gasteiger partial charge on any atom is 0.0967 e. The van der Waals surface area contributed by atoms with E-state index in [0.29, 0.717) is 0 Å². The minimum atomic E-state index is 0.194. The van der Waals surface area contributed by atoms with Crippen molar-refractivity contribution >= 4 is 34.8 Å². The van der Waals surface area contributed by atoms with Crippen LogP contribution in [0.4, 0.5) is 0 Å². The average molecular weight is 296 g/mol. The predicted octanol–water partition coefficient (Wildman–Crippen LogP) is 3.17. The SMILES string of the molecule is ClCCl.Clc1ccc(CN2CCNCC2)cc1. The molecule has 1 aliphatic rings. The van der Waals surface area contributed by atoms with Gasteiger partial charge in [-0.3, -0.25) is 4.90 Å². The van der Waals surface area contributed by atoms with Gasteiger partial charge in [-0.15, -0.1) is 23.2 Å². The monoisotopic (exact) mass is 294 g/mol. The zero-order valence-electron chi connectivity index (χ0n) is 9.63. The minimum absolute atomic E-state index is 0.194. The number of nitrogens with one attached hydrogen (secondary N) is 1. The molecular formula is C12H17Cl3N2. The van der Waals surface area contributed by atoms with Crippen molar-refractivity contribution in [2.45, 2.75) is 6.54 Å². The van der Waals surface area contributed by atoms with E-state index in [0.717, 1.165) is 37.7 Å². The van der Waals surface area contributed by atoms with Crippen LogP contribution in [-0.2, 0) is 6.54 Å². The quantitative estimate of drug-likeness (QED) is 0.843. The average Bonchev–Trinajstić information content (AvgIpc) is 2.35. The van der Waals surface area contributed by atoms with Crippen molar-refractivity contribution in [3.8, 4) is 0 Å². The Morgan fingerprint density at radius 3 is 2.12 bits per heavy atom. The Labute approximate surface area is 118 Å². The maximum absolute atomic E-state index is 5.83. The van der Waals surface area contributed by atoms with E-state index in [2.05, 4.69) is 22.3 Å². The van der Waals surface area contributed by atoms with Gasteiger partial charge in [-0.25, -0.2) is 0 Å². The molecular weight excluding hydrogens is 279 g/mol. The molecule has 1 N–H and O–H groups in total. The number of benzene rings is 1. The second-order valence-corrected chi connectivity index (χ2v) is 5.00. The highest BCUT2D eigenvalue weighted by Crippen LogP contribution is 2.11. The van der Waals surface area contributed by atoms with E-state index in [1.807, 2.05) is 12.1 Å². The second kappa shape index (κ2) is 9.01. The maximum atomic E-state index is 5.83. The Hall–Kier alpha value is 0.01000. The standard InChI is InChI=1S/C11H15ClN2.CH2Cl2/c12-11-3-1-10(2-4-11)9-14-7-5-13-6-8-14;2-1-3/h1-4,13H,5-9H2;1H2. The lowest BCUT2D eigenvalue weighted by atomic mass is 10.2. The van der Waals surface area contributed by atoms with Crippen LogP contribution >= 0.6 is 34.8 Å². The van der Waals surface area contributed by atoms with E-state index < -0.39 is 0 Å². The number of rotatable bonds is 2. The molecule has 0 bridgehead atoms. The van der Waals surface area contributed by atoms with Crippen molar-refractivity contribution in [2.24, 2.45) is 0 Å². The van der Waals surface area contributed by atoms with Gasteiger partial charge in [-0.05, 0) is 17.7 Å². The van der Waals surface area contributed by atoms with Crippen molar-refractivity contribution in [2.75, 3.05) is 31.5 Å². The lowest BCUT2D eigenvalue weighted by Gasteiger charge is -2.27. The van der Waals surface area contributed by atoms with Crippen molar-refractivity contribution in [1.82, 2.24) is 10.2 Å². The van der Waals surface area contributed by atoms with Crippen LogP contribution in [0.5, 0.6) is 0 Å². The molecule has 1 saturated heterocycles. The zero-order chi connectivity index (χ0) is 12.5. The van der Waals surface area contributed by atoms with Crippen molar-refractivity contribution in [1.29, 1.82) is 0 Å². The topological polar surface area (TPSA) is 15.3 Å². The normalized spacial score (nSPS) is 16.2. The zero-order valence-corrected chi connectivity index (χ0v) is 11.9. The molecule has 1 aromatic rings. The van der Waals surface area contributed by atoms with Crippen LogP contribution in [0.1, 0.15) is 5.56 Å². The molecule has 0 amide bonds. The fourth-order valence-corrected chi connectivity index (χ4v) is 1.84. The first-order valence-corrected chi connectivity index (χ1v) is 7.00. The highest BCUT2D eigenvalue weighted by atomic mass is 35.5. The van der Waals surface area contributed by atoms with Gasteiger partial charge in [0.1, 0.15) is 0 Å². The molecule has 1 aromatic carbocycles. The third-order valence-corrected chi connectivity index (χ3v) is 2.78. The summed E-state index contributed by atoms with van der Waals surface area (Å²) in [7, 11) is 0. The first kappa shape index (κ1) is 15.1. The second-order valence-electron chi connectivity index (χ2n) is 3.75. The van der Waals surface area contributed by atoms with E-state index in [4.69, 9.17) is 34.8 Å². The van der Waals surface area contributed by atoms with Gasteiger partial charge in [-0.1, -0.05) is 23.7 Å². The van der Waals surface area contributed by atoms with Crippen molar-refractivity contribution < 1.29 is 0 Å².